The molecule has 1 aromatic heterocycles. The van der Waals surface area contributed by atoms with Crippen LogP contribution in [-0.2, 0) is 4.79 Å². The summed E-state index contributed by atoms with van der Waals surface area (Å²) in [6.07, 6.45) is 0. The normalized spacial score (nSPS) is 10.7. The maximum Gasteiger partial charge on any atom is 0.255 e. The summed E-state index contributed by atoms with van der Waals surface area (Å²) in [4.78, 5) is 30.1. The number of amides is 2. The molecular formula is C23H19N3O2S2. The quantitative estimate of drug-likeness (QED) is 0.389. The first-order chi connectivity index (χ1) is 14.6. The van der Waals surface area contributed by atoms with Gasteiger partial charge in [-0.15, -0.1) is 11.8 Å². The minimum Gasteiger partial charge on any atom is -0.322 e. The van der Waals surface area contributed by atoms with Gasteiger partial charge in [-0.2, -0.15) is 0 Å². The summed E-state index contributed by atoms with van der Waals surface area (Å²) < 4.78 is 1.04. The largest absolute Gasteiger partial charge is 0.322 e. The van der Waals surface area contributed by atoms with Crippen molar-refractivity contribution < 1.29 is 9.59 Å². The van der Waals surface area contributed by atoms with Gasteiger partial charge in [0.2, 0.25) is 5.91 Å². The molecule has 1 heterocycles. The smallest absolute Gasteiger partial charge is 0.255 e. The fraction of sp³-hybridized carbons (Fsp3) is 0.0870. The van der Waals surface area contributed by atoms with Crippen molar-refractivity contribution in [2.24, 2.45) is 0 Å². The molecule has 5 nitrogen and oxygen atoms in total. The highest BCUT2D eigenvalue weighted by Gasteiger charge is 2.10. The van der Waals surface area contributed by atoms with Gasteiger partial charge in [-0.1, -0.05) is 47.2 Å². The molecule has 0 spiro atoms. The number of fused-ring (bicyclic) bond motifs is 1. The Morgan fingerprint density at radius 1 is 0.967 bits per heavy atom. The van der Waals surface area contributed by atoms with Crippen molar-refractivity contribution >= 4 is 55.9 Å². The molecule has 150 valence electrons. The van der Waals surface area contributed by atoms with E-state index in [1.54, 1.807) is 6.07 Å². The van der Waals surface area contributed by atoms with Gasteiger partial charge in [-0.3, -0.25) is 9.59 Å². The van der Waals surface area contributed by atoms with Crippen LogP contribution in [0.25, 0.3) is 10.2 Å². The number of nitrogens with one attached hydrogen (secondary N) is 2. The number of hydrogen-bond acceptors (Lipinski definition) is 5. The van der Waals surface area contributed by atoms with Crippen molar-refractivity contribution in [2.75, 3.05) is 16.4 Å². The lowest BCUT2D eigenvalue weighted by Crippen LogP contribution is -2.14. The summed E-state index contributed by atoms with van der Waals surface area (Å²) in [6.45, 7) is 1.95. The molecule has 2 amide bonds. The number of hydrogen-bond donors (Lipinski definition) is 2. The van der Waals surface area contributed by atoms with Crippen LogP contribution in [0.1, 0.15) is 15.9 Å². The van der Waals surface area contributed by atoms with Gasteiger partial charge in [0.15, 0.2) is 5.13 Å². The van der Waals surface area contributed by atoms with E-state index in [-0.39, 0.29) is 17.6 Å². The molecule has 0 aliphatic rings. The summed E-state index contributed by atoms with van der Waals surface area (Å²) in [5.41, 5.74) is 3.22. The number of rotatable bonds is 6. The third-order valence-electron chi connectivity index (χ3n) is 4.28. The highest BCUT2D eigenvalue weighted by Crippen LogP contribution is 2.26. The Kier molecular flexibility index (Phi) is 6.11. The number of anilines is 2. The SMILES string of the molecule is Cc1cccc(C(=O)Nc2cccc(SCC(=O)Nc3nc4ccccc4s3)c2)c1. The molecule has 0 saturated heterocycles. The first kappa shape index (κ1) is 20.1. The lowest BCUT2D eigenvalue weighted by atomic mass is 10.1. The van der Waals surface area contributed by atoms with E-state index in [0.29, 0.717) is 16.4 Å². The van der Waals surface area contributed by atoms with Crippen molar-refractivity contribution in [2.45, 2.75) is 11.8 Å². The molecule has 0 saturated carbocycles. The summed E-state index contributed by atoms with van der Waals surface area (Å²) in [5.74, 6) is -0.0201. The van der Waals surface area contributed by atoms with E-state index in [0.717, 1.165) is 20.7 Å². The second-order valence-corrected chi connectivity index (χ2v) is 8.75. The molecule has 4 rings (SSSR count). The number of para-hydroxylation sites is 1. The van der Waals surface area contributed by atoms with Crippen LogP contribution in [0.2, 0.25) is 0 Å². The van der Waals surface area contributed by atoms with Crippen LogP contribution in [0.5, 0.6) is 0 Å². The van der Waals surface area contributed by atoms with Crippen molar-refractivity contribution in [3.8, 4) is 0 Å². The molecule has 0 aliphatic carbocycles. The predicted octanol–water partition coefficient (Wildman–Crippen LogP) is 5.59. The van der Waals surface area contributed by atoms with Gasteiger partial charge in [0, 0.05) is 16.1 Å². The van der Waals surface area contributed by atoms with Crippen LogP contribution in [-0.4, -0.2) is 22.6 Å². The van der Waals surface area contributed by atoms with Crippen LogP contribution < -0.4 is 10.6 Å². The van der Waals surface area contributed by atoms with Crippen molar-refractivity contribution in [1.29, 1.82) is 0 Å². The highest BCUT2D eigenvalue weighted by molar-refractivity contribution is 8.00. The third kappa shape index (κ3) is 5.06. The van der Waals surface area contributed by atoms with Crippen LogP contribution in [0.3, 0.4) is 0 Å². The average Bonchev–Trinajstić information content (AvgIpc) is 3.15. The standard InChI is InChI=1S/C23H19N3O2S2/c1-15-6-4-7-16(12-15)22(28)24-17-8-5-9-18(13-17)29-14-21(27)26-23-25-19-10-2-3-11-20(19)30-23/h2-13H,14H2,1H3,(H,24,28)(H,25,26,27). The van der Waals surface area contributed by atoms with Crippen LogP contribution in [0.15, 0.2) is 77.7 Å². The Morgan fingerprint density at radius 3 is 2.63 bits per heavy atom. The molecule has 0 unspecified atom stereocenters. The second-order valence-electron chi connectivity index (χ2n) is 6.68. The van der Waals surface area contributed by atoms with Crippen LogP contribution in [0, 0.1) is 6.92 Å². The van der Waals surface area contributed by atoms with E-state index in [1.807, 2.05) is 73.7 Å². The van der Waals surface area contributed by atoms with Gasteiger partial charge in [-0.25, -0.2) is 4.98 Å². The minimum absolute atomic E-state index is 0.117. The summed E-state index contributed by atoms with van der Waals surface area (Å²) in [5, 5.41) is 6.36. The number of thioether (sulfide) groups is 1. The molecule has 4 aromatic rings. The second kappa shape index (κ2) is 9.11. The number of aryl methyl sites for hydroxylation is 1. The number of thiazole rings is 1. The Bertz CT molecular complexity index is 1190. The average molecular weight is 434 g/mol. The number of carbonyl (C=O) groups excluding carboxylic acids is 2. The summed E-state index contributed by atoms with van der Waals surface area (Å²) in [6, 6.07) is 22.7. The molecule has 0 radical (unpaired) electrons. The van der Waals surface area contributed by atoms with Crippen molar-refractivity contribution in [1.82, 2.24) is 4.98 Å². The number of benzene rings is 3. The van der Waals surface area contributed by atoms with E-state index in [1.165, 1.54) is 23.1 Å². The Hall–Kier alpha value is -3.16. The van der Waals surface area contributed by atoms with E-state index in [4.69, 9.17) is 0 Å². The first-order valence-corrected chi connectivity index (χ1v) is 11.1. The molecule has 0 aliphatic heterocycles. The summed E-state index contributed by atoms with van der Waals surface area (Å²) >= 11 is 2.86. The number of nitrogens with zero attached hydrogens (tertiary/aromatic N) is 1. The first-order valence-electron chi connectivity index (χ1n) is 9.33. The molecule has 7 heteroatoms. The predicted molar refractivity (Wildman–Crippen MR) is 125 cm³/mol. The van der Waals surface area contributed by atoms with Gasteiger partial charge in [0.1, 0.15) is 0 Å². The Morgan fingerprint density at radius 2 is 1.80 bits per heavy atom. The lowest BCUT2D eigenvalue weighted by Gasteiger charge is -2.08. The zero-order chi connectivity index (χ0) is 20.9. The zero-order valence-corrected chi connectivity index (χ0v) is 17.8. The van der Waals surface area contributed by atoms with Crippen molar-refractivity contribution in [3.63, 3.8) is 0 Å². The molecule has 3 aromatic carbocycles. The Balaban J connectivity index is 1.34. The molecular weight excluding hydrogens is 414 g/mol. The molecule has 0 atom stereocenters. The van der Waals surface area contributed by atoms with Gasteiger partial charge in [-0.05, 0) is 49.4 Å². The topological polar surface area (TPSA) is 71.1 Å². The zero-order valence-electron chi connectivity index (χ0n) is 16.2. The van der Waals surface area contributed by atoms with Crippen molar-refractivity contribution in [3.05, 3.63) is 83.9 Å². The maximum atomic E-state index is 12.4. The van der Waals surface area contributed by atoms with Gasteiger partial charge in [0.05, 0.1) is 16.0 Å². The van der Waals surface area contributed by atoms with E-state index >= 15 is 0 Å². The van der Waals surface area contributed by atoms with Crippen LogP contribution >= 0.6 is 23.1 Å². The van der Waals surface area contributed by atoms with Gasteiger partial charge in [0.25, 0.3) is 5.91 Å². The monoisotopic (exact) mass is 433 g/mol. The third-order valence-corrected chi connectivity index (χ3v) is 6.23. The van der Waals surface area contributed by atoms with Crippen LogP contribution in [0.4, 0.5) is 10.8 Å². The van der Waals surface area contributed by atoms with Gasteiger partial charge < -0.3 is 10.6 Å². The van der Waals surface area contributed by atoms with Gasteiger partial charge >= 0.3 is 0 Å². The van der Waals surface area contributed by atoms with E-state index in [9.17, 15) is 9.59 Å². The number of aromatic nitrogens is 1. The number of carbonyl (C=O) groups is 2. The molecule has 0 fully saturated rings. The molecule has 0 bridgehead atoms. The molecule has 30 heavy (non-hydrogen) atoms. The van der Waals surface area contributed by atoms with E-state index in [2.05, 4.69) is 15.6 Å². The highest BCUT2D eigenvalue weighted by atomic mass is 32.2. The fourth-order valence-electron chi connectivity index (χ4n) is 2.88. The Labute approximate surface area is 182 Å². The lowest BCUT2D eigenvalue weighted by molar-refractivity contribution is -0.113. The maximum absolute atomic E-state index is 12.4. The fourth-order valence-corrected chi connectivity index (χ4v) is 4.52. The summed E-state index contributed by atoms with van der Waals surface area (Å²) in [7, 11) is 0. The molecule has 2 N–H and O–H groups in total. The minimum atomic E-state index is -0.158. The van der Waals surface area contributed by atoms with E-state index < -0.39 is 0 Å².